The molecule has 0 bridgehead atoms. The number of nitrogens with zero attached hydrogens (tertiary/aromatic N) is 3. The predicted molar refractivity (Wildman–Crippen MR) is 90.2 cm³/mol. The molecule has 1 heterocycles. The summed E-state index contributed by atoms with van der Waals surface area (Å²) in [5.74, 6) is 5.82. The monoisotopic (exact) mass is 311 g/mol. The van der Waals surface area contributed by atoms with Crippen LogP contribution in [0.3, 0.4) is 0 Å². The molecule has 0 saturated heterocycles. The van der Waals surface area contributed by atoms with Crippen LogP contribution in [0.25, 0.3) is 0 Å². The summed E-state index contributed by atoms with van der Waals surface area (Å²) in [6.07, 6.45) is 1.58. The Hall–Kier alpha value is -3.63. The third kappa shape index (κ3) is 3.09. The average molecular weight is 311 g/mol. The molecule has 2 aromatic carbocycles. The summed E-state index contributed by atoms with van der Waals surface area (Å²) in [5, 5.41) is 8.85. The van der Waals surface area contributed by atoms with Crippen LogP contribution >= 0.6 is 0 Å². The Morgan fingerprint density at radius 3 is 2.38 bits per heavy atom. The van der Waals surface area contributed by atoms with Gasteiger partial charge in [0.05, 0.1) is 18.0 Å². The number of aromatic nitrogens is 2. The Morgan fingerprint density at radius 1 is 1.00 bits per heavy atom. The van der Waals surface area contributed by atoms with E-state index in [4.69, 9.17) is 5.26 Å². The summed E-state index contributed by atoms with van der Waals surface area (Å²) < 4.78 is 1.66. The van der Waals surface area contributed by atoms with Crippen LogP contribution in [0.4, 0.5) is 0 Å². The van der Waals surface area contributed by atoms with Crippen LogP contribution in [0.1, 0.15) is 32.9 Å². The van der Waals surface area contributed by atoms with Gasteiger partial charge >= 0.3 is 0 Å². The van der Waals surface area contributed by atoms with E-state index in [0.29, 0.717) is 22.5 Å². The Bertz CT molecular complexity index is 981. The summed E-state index contributed by atoms with van der Waals surface area (Å²) in [7, 11) is 1.76. The highest BCUT2D eigenvalue weighted by atomic mass is 16.1. The second-order valence-corrected chi connectivity index (χ2v) is 5.19. The van der Waals surface area contributed by atoms with Crippen LogP contribution in [0.15, 0.2) is 60.9 Å². The smallest absolute Gasteiger partial charge is 0.212 e. The molecule has 0 spiro atoms. The Balaban J connectivity index is 1.97. The molecule has 0 saturated carbocycles. The molecule has 0 unspecified atom stereocenters. The van der Waals surface area contributed by atoms with E-state index in [0.717, 1.165) is 5.56 Å². The fraction of sp³-hybridized carbons (Fsp3) is 0.0500. The third-order valence-corrected chi connectivity index (χ3v) is 3.53. The summed E-state index contributed by atoms with van der Waals surface area (Å²) in [6.45, 7) is 0. The van der Waals surface area contributed by atoms with Crippen LogP contribution in [0.2, 0.25) is 0 Å². The first-order chi connectivity index (χ1) is 11.7. The van der Waals surface area contributed by atoms with E-state index in [1.54, 1.807) is 42.2 Å². The normalized spacial score (nSPS) is 9.67. The Morgan fingerprint density at radius 2 is 1.71 bits per heavy atom. The quantitative estimate of drug-likeness (QED) is 0.540. The number of imidazole rings is 1. The number of hydrogen-bond donors (Lipinski definition) is 0. The van der Waals surface area contributed by atoms with Crippen LogP contribution < -0.4 is 0 Å². The van der Waals surface area contributed by atoms with Gasteiger partial charge in [-0.15, -0.1) is 0 Å². The number of carbonyl (C=O) groups excluding carboxylic acids is 1. The molecule has 0 atom stereocenters. The largest absolute Gasteiger partial charge is 0.330 e. The Kier molecular flexibility index (Phi) is 4.23. The van der Waals surface area contributed by atoms with Gasteiger partial charge in [-0.3, -0.25) is 4.79 Å². The van der Waals surface area contributed by atoms with E-state index >= 15 is 0 Å². The van der Waals surface area contributed by atoms with Crippen molar-refractivity contribution in [2.45, 2.75) is 0 Å². The molecule has 0 radical (unpaired) electrons. The van der Waals surface area contributed by atoms with Gasteiger partial charge in [-0.1, -0.05) is 24.1 Å². The van der Waals surface area contributed by atoms with Gasteiger partial charge in [0.15, 0.2) is 0 Å². The van der Waals surface area contributed by atoms with Crippen LogP contribution in [0, 0.1) is 23.2 Å². The molecule has 0 aliphatic heterocycles. The lowest BCUT2D eigenvalue weighted by molar-refractivity contribution is 0.103. The number of nitriles is 1. The van der Waals surface area contributed by atoms with E-state index < -0.39 is 0 Å². The van der Waals surface area contributed by atoms with Crippen molar-refractivity contribution in [1.82, 2.24) is 9.55 Å². The van der Waals surface area contributed by atoms with Gasteiger partial charge in [-0.05, 0) is 42.3 Å². The van der Waals surface area contributed by atoms with Crippen molar-refractivity contribution < 1.29 is 4.79 Å². The van der Waals surface area contributed by atoms with Crippen molar-refractivity contribution in [3.8, 4) is 17.9 Å². The molecule has 4 heteroatoms. The van der Waals surface area contributed by atoms with Crippen molar-refractivity contribution in [2.24, 2.45) is 7.05 Å². The minimum atomic E-state index is -0.170. The molecular weight excluding hydrogens is 298 g/mol. The molecule has 3 aromatic rings. The van der Waals surface area contributed by atoms with Gasteiger partial charge in [0, 0.05) is 18.2 Å². The van der Waals surface area contributed by atoms with Gasteiger partial charge in [0.2, 0.25) is 5.78 Å². The molecule has 4 nitrogen and oxygen atoms in total. The van der Waals surface area contributed by atoms with Gasteiger partial charge in [-0.2, -0.15) is 5.26 Å². The Labute approximate surface area is 140 Å². The van der Waals surface area contributed by atoms with E-state index in [2.05, 4.69) is 16.8 Å². The lowest BCUT2D eigenvalue weighted by Crippen LogP contribution is -2.09. The molecule has 0 aliphatic carbocycles. The number of aryl methyl sites for hydroxylation is 1. The second kappa shape index (κ2) is 6.64. The molecule has 1 aromatic heterocycles. The first-order valence-electron chi connectivity index (χ1n) is 7.32. The number of carbonyl (C=O) groups is 1. The van der Waals surface area contributed by atoms with Crippen molar-refractivity contribution >= 4 is 5.78 Å². The van der Waals surface area contributed by atoms with Crippen molar-refractivity contribution in [3.05, 3.63) is 89.0 Å². The standard InChI is InChI=1S/C20H13N3O/c1-23-14-22-18(12-9-15-5-3-2-4-6-15)19(23)20(24)17-10-7-16(13-21)8-11-17/h2-8,10-11,14H,1H3. The number of hydrogen-bond acceptors (Lipinski definition) is 3. The maximum atomic E-state index is 12.7. The van der Waals surface area contributed by atoms with E-state index in [1.165, 1.54) is 0 Å². The summed E-state index contributed by atoms with van der Waals surface area (Å²) in [6, 6.07) is 18.1. The zero-order valence-corrected chi connectivity index (χ0v) is 13.0. The summed E-state index contributed by atoms with van der Waals surface area (Å²) in [5.41, 5.74) is 2.75. The molecule has 0 fully saturated rings. The summed E-state index contributed by atoms with van der Waals surface area (Å²) >= 11 is 0. The van der Waals surface area contributed by atoms with Crippen molar-refractivity contribution in [3.63, 3.8) is 0 Å². The topological polar surface area (TPSA) is 58.7 Å². The lowest BCUT2D eigenvalue weighted by atomic mass is 10.0. The van der Waals surface area contributed by atoms with Gasteiger partial charge in [-0.25, -0.2) is 4.98 Å². The average Bonchev–Trinajstić information content (AvgIpc) is 3.01. The zero-order valence-electron chi connectivity index (χ0n) is 13.0. The fourth-order valence-corrected chi connectivity index (χ4v) is 2.28. The number of ketones is 1. The molecule has 0 aliphatic rings. The zero-order chi connectivity index (χ0) is 16.9. The van der Waals surface area contributed by atoms with E-state index in [1.807, 2.05) is 36.4 Å². The number of benzene rings is 2. The second-order valence-electron chi connectivity index (χ2n) is 5.19. The molecule has 0 N–H and O–H groups in total. The predicted octanol–water partition coefficient (Wildman–Crippen LogP) is 2.92. The van der Waals surface area contributed by atoms with Gasteiger partial charge in [0.25, 0.3) is 0 Å². The van der Waals surface area contributed by atoms with Gasteiger partial charge < -0.3 is 4.57 Å². The molecule has 3 rings (SSSR count). The maximum absolute atomic E-state index is 12.7. The van der Waals surface area contributed by atoms with Gasteiger partial charge in [0.1, 0.15) is 11.4 Å². The van der Waals surface area contributed by atoms with E-state index in [9.17, 15) is 4.79 Å². The third-order valence-electron chi connectivity index (χ3n) is 3.53. The summed E-state index contributed by atoms with van der Waals surface area (Å²) in [4.78, 5) is 17.0. The number of rotatable bonds is 2. The fourth-order valence-electron chi connectivity index (χ4n) is 2.28. The first kappa shape index (κ1) is 15.3. The van der Waals surface area contributed by atoms with Crippen LogP contribution in [-0.4, -0.2) is 15.3 Å². The molecule has 0 amide bonds. The van der Waals surface area contributed by atoms with E-state index in [-0.39, 0.29) is 5.78 Å². The molecule has 114 valence electrons. The highest BCUT2D eigenvalue weighted by Crippen LogP contribution is 2.14. The van der Waals surface area contributed by atoms with Crippen molar-refractivity contribution in [2.75, 3.05) is 0 Å². The SMILES string of the molecule is Cn1cnc(C#Cc2ccccc2)c1C(=O)c1ccc(C#N)cc1. The molecular formula is C20H13N3O. The highest BCUT2D eigenvalue weighted by Gasteiger charge is 2.17. The van der Waals surface area contributed by atoms with Crippen molar-refractivity contribution in [1.29, 1.82) is 5.26 Å². The maximum Gasteiger partial charge on any atom is 0.212 e. The molecule has 24 heavy (non-hydrogen) atoms. The minimum Gasteiger partial charge on any atom is -0.330 e. The highest BCUT2D eigenvalue weighted by molar-refractivity contribution is 6.09. The van der Waals surface area contributed by atoms with Crippen LogP contribution in [0.5, 0.6) is 0 Å². The first-order valence-corrected chi connectivity index (χ1v) is 7.32. The lowest BCUT2D eigenvalue weighted by Gasteiger charge is -2.03. The van der Waals surface area contributed by atoms with Crippen LogP contribution in [-0.2, 0) is 7.05 Å². The minimum absolute atomic E-state index is 0.170.